The van der Waals surface area contributed by atoms with Gasteiger partial charge in [-0.05, 0) is 32.0 Å². The van der Waals surface area contributed by atoms with Crippen molar-refractivity contribution in [3.05, 3.63) is 53.7 Å². The van der Waals surface area contributed by atoms with Crippen molar-refractivity contribution in [2.75, 3.05) is 0 Å². The molecule has 2 N–H and O–H groups in total. The van der Waals surface area contributed by atoms with Crippen molar-refractivity contribution < 1.29 is 9.21 Å². The minimum Gasteiger partial charge on any atom is -0.469 e. The fourth-order valence-corrected chi connectivity index (χ4v) is 2.09. The molecule has 1 aromatic carbocycles. The molecule has 2 aromatic heterocycles. The molecule has 3 rings (SSSR count). The van der Waals surface area contributed by atoms with Gasteiger partial charge < -0.3 is 14.7 Å². The van der Waals surface area contributed by atoms with E-state index in [0.717, 1.165) is 16.9 Å². The molecule has 0 aliphatic carbocycles. The molecule has 0 saturated carbocycles. The molecule has 5 nitrogen and oxygen atoms in total. The molecule has 2 heterocycles. The number of amides is 1. The Hall–Kier alpha value is -2.56. The highest BCUT2D eigenvalue weighted by molar-refractivity contribution is 5.94. The summed E-state index contributed by atoms with van der Waals surface area (Å²) in [6.45, 7) is 3.70. The van der Waals surface area contributed by atoms with Crippen LogP contribution in [0.5, 0.6) is 0 Å². The highest BCUT2D eigenvalue weighted by Crippen LogP contribution is 2.16. The number of imidazole rings is 1. The smallest absolute Gasteiger partial charge is 0.255 e. The summed E-state index contributed by atoms with van der Waals surface area (Å²) < 4.78 is 5.14. The normalized spacial score (nSPS) is 12.5. The van der Waals surface area contributed by atoms with Gasteiger partial charge >= 0.3 is 0 Å². The van der Waals surface area contributed by atoms with Crippen LogP contribution in [-0.4, -0.2) is 15.9 Å². The third kappa shape index (κ3) is 2.30. The van der Waals surface area contributed by atoms with E-state index in [1.54, 1.807) is 13.0 Å². The lowest BCUT2D eigenvalue weighted by atomic mass is 10.2. The van der Waals surface area contributed by atoms with Crippen LogP contribution < -0.4 is 5.32 Å². The summed E-state index contributed by atoms with van der Waals surface area (Å²) in [6, 6.07) is 9.28. The second-order valence-corrected chi connectivity index (χ2v) is 4.78. The molecule has 0 radical (unpaired) electrons. The Kier molecular flexibility index (Phi) is 3.02. The first kappa shape index (κ1) is 12.5. The molecule has 1 amide bonds. The Balaban J connectivity index is 1.78. The number of rotatable bonds is 3. The Labute approximate surface area is 116 Å². The Morgan fingerprint density at radius 2 is 2.20 bits per heavy atom. The van der Waals surface area contributed by atoms with Crippen LogP contribution in [0.4, 0.5) is 0 Å². The van der Waals surface area contributed by atoms with Gasteiger partial charge in [-0.2, -0.15) is 0 Å². The lowest BCUT2D eigenvalue weighted by Crippen LogP contribution is -2.26. The number of aromatic nitrogens is 2. The fraction of sp³-hybridized carbons (Fsp3) is 0.200. The summed E-state index contributed by atoms with van der Waals surface area (Å²) >= 11 is 0. The highest BCUT2D eigenvalue weighted by atomic mass is 16.3. The lowest BCUT2D eigenvalue weighted by Gasteiger charge is -2.10. The fourth-order valence-electron chi connectivity index (χ4n) is 2.09. The summed E-state index contributed by atoms with van der Waals surface area (Å²) in [6.07, 6.45) is 1.45. The minimum atomic E-state index is -0.204. The van der Waals surface area contributed by atoms with Gasteiger partial charge in [-0.1, -0.05) is 12.1 Å². The van der Waals surface area contributed by atoms with Crippen LogP contribution in [-0.2, 0) is 0 Å². The second kappa shape index (κ2) is 4.85. The Bertz CT molecular complexity index is 724. The van der Waals surface area contributed by atoms with Gasteiger partial charge in [0.25, 0.3) is 5.91 Å². The zero-order chi connectivity index (χ0) is 14.1. The number of fused-ring (bicyclic) bond motifs is 1. The Morgan fingerprint density at radius 3 is 2.90 bits per heavy atom. The first-order chi connectivity index (χ1) is 9.63. The summed E-state index contributed by atoms with van der Waals surface area (Å²) in [5.41, 5.74) is 2.37. The lowest BCUT2D eigenvalue weighted by molar-refractivity contribution is 0.0938. The number of H-pyrrole nitrogens is 1. The molecular formula is C15H15N3O2. The third-order valence-electron chi connectivity index (χ3n) is 3.16. The quantitative estimate of drug-likeness (QED) is 0.768. The zero-order valence-electron chi connectivity index (χ0n) is 11.3. The number of hydrogen-bond donors (Lipinski definition) is 2. The highest BCUT2D eigenvalue weighted by Gasteiger charge is 2.15. The predicted octanol–water partition coefficient (Wildman–Crippen LogP) is 2.96. The monoisotopic (exact) mass is 269 g/mol. The van der Waals surface area contributed by atoms with Crippen molar-refractivity contribution in [2.24, 2.45) is 0 Å². The van der Waals surface area contributed by atoms with Crippen LogP contribution in [0.1, 0.15) is 34.9 Å². The van der Waals surface area contributed by atoms with E-state index in [0.29, 0.717) is 11.3 Å². The molecule has 3 aromatic rings. The SMILES string of the molecule is Cc1cc(C(=O)NC(C)c2nc3ccccc3[nH]2)co1. The van der Waals surface area contributed by atoms with Crippen LogP contribution in [0.3, 0.4) is 0 Å². The number of nitrogens with zero attached hydrogens (tertiary/aromatic N) is 1. The number of nitrogens with one attached hydrogen (secondary N) is 2. The average molecular weight is 269 g/mol. The van der Waals surface area contributed by atoms with Crippen molar-refractivity contribution in [3.63, 3.8) is 0 Å². The van der Waals surface area contributed by atoms with Gasteiger partial charge in [0.1, 0.15) is 17.8 Å². The number of benzene rings is 1. The molecule has 20 heavy (non-hydrogen) atoms. The first-order valence-corrected chi connectivity index (χ1v) is 6.44. The van der Waals surface area contributed by atoms with Crippen LogP contribution in [0.15, 0.2) is 41.0 Å². The first-order valence-electron chi connectivity index (χ1n) is 6.44. The number of carbonyl (C=O) groups is 1. The number of aryl methyl sites for hydroxylation is 1. The number of aromatic amines is 1. The van der Waals surface area contributed by atoms with Gasteiger partial charge in [0.15, 0.2) is 0 Å². The molecular weight excluding hydrogens is 254 g/mol. The van der Waals surface area contributed by atoms with E-state index in [4.69, 9.17) is 4.42 Å². The van der Waals surface area contributed by atoms with Crippen LogP contribution in [0, 0.1) is 6.92 Å². The molecule has 102 valence electrons. The van der Waals surface area contributed by atoms with Crippen molar-refractivity contribution in [1.29, 1.82) is 0 Å². The number of furan rings is 1. The molecule has 0 aliphatic heterocycles. The van der Waals surface area contributed by atoms with Gasteiger partial charge in [0, 0.05) is 0 Å². The molecule has 5 heteroatoms. The van der Waals surface area contributed by atoms with Gasteiger partial charge in [-0.3, -0.25) is 4.79 Å². The number of hydrogen-bond acceptors (Lipinski definition) is 3. The van der Waals surface area contributed by atoms with Crippen molar-refractivity contribution >= 4 is 16.9 Å². The molecule has 0 saturated heterocycles. The molecule has 0 bridgehead atoms. The summed E-state index contributed by atoms with van der Waals surface area (Å²) in [7, 11) is 0. The molecule has 0 aliphatic rings. The van der Waals surface area contributed by atoms with E-state index in [1.807, 2.05) is 31.2 Å². The van der Waals surface area contributed by atoms with Crippen LogP contribution >= 0.6 is 0 Å². The van der Waals surface area contributed by atoms with Crippen LogP contribution in [0.25, 0.3) is 11.0 Å². The molecule has 1 atom stereocenters. The van der Waals surface area contributed by atoms with Gasteiger partial charge in [0.2, 0.25) is 0 Å². The maximum Gasteiger partial charge on any atom is 0.255 e. The van der Waals surface area contributed by atoms with Crippen molar-refractivity contribution in [1.82, 2.24) is 15.3 Å². The Morgan fingerprint density at radius 1 is 1.40 bits per heavy atom. The summed E-state index contributed by atoms with van der Waals surface area (Å²) in [5, 5.41) is 2.89. The minimum absolute atomic E-state index is 0.171. The van der Waals surface area contributed by atoms with Crippen LogP contribution in [0.2, 0.25) is 0 Å². The second-order valence-electron chi connectivity index (χ2n) is 4.78. The maximum absolute atomic E-state index is 12.0. The van der Waals surface area contributed by atoms with E-state index >= 15 is 0 Å². The van der Waals surface area contributed by atoms with E-state index in [9.17, 15) is 4.79 Å². The maximum atomic E-state index is 12.0. The standard InChI is InChI=1S/C15H15N3O2/c1-9-7-11(8-20-9)15(19)16-10(2)14-17-12-5-3-4-6-13(12)18-14/h3-8,10H,1-2H3,(H,16,19)(H,17,18). The summed E-state index contributed by atoms with van der Waals surface area (Å²) in [4.78, 5) is 19.7. The van der Waals surface area contributed by atoms with E-state index < -0.39 is 0 Å². The van der Waals surface area contributed by atoms with Gasteiger partial charge in [0.05, 0.1) is 22.6 Å². The molecule has 1 unspecified atom stereocenters. The van der Waals surface area contributed by atoms with E-state index in [-0.39, 0.29) is 11.9 Å². The van der Waals surface area contributed by atoms with Crippen molar-refractivity contribution in [3.8, 4) is 0 Å². The number of carbonyl (C=O) groups excluding carboxylic acids is 1. The zero-order valence-corrected chi connectivity index (χ0v) is 11.3. The predicted molar refractivity (Wildman–Crippen MR) is 75.4 cm³/mol. The third-order valence-corrected chi connectivity index (χ3v) is 3.16. The summed E-state index contributed by atoms with van der Waals surface area (Å²) in [5.74, 6) is 1.28. The molecule has 0 fully saturated rings. The number of para-hydroxylation sites is 2. The average Bonchev–Trinajstić information content (AvgIpc) is 3.04. The van der Waals surface area contributed by atoms with E-state index in [1.165, 1.54) is 6.26 Å². The van der Waals surface area contributed by atoms with Gasteiger partial charge in [-0.25, -0.2) is 4.98 Å². The van der Waals surface area contributed by atoms with Gasteiger partial charge in [-0.15, -0.1) is 0 Å². The largest absolute Gasteiger partial charge is 0.469 e. The van der Waals surface area contributed by atoms with Crippen molar-refractivity contribution in [2.45, 2.75) is 19.9 Å². The topological polar surface area (TPSA) is 70.9 Å². The molecule has 0 spiro atoms. The van der Waals surface area contributed by atoms with E-state index in [2.05, 4.69) is 15.3 Å².